The van der Waals surface area contributed by atoms with E-state index in [0.717, 1.165) is 6.07 Å². The van der Waals surface area contributed by atoms with Crippen molar-refractivity contribution in [3.8, 4) is 0 Å². The summed E-state index contributed by atoms with van der Waals surface area (Å²) in [6.07, 6.45) is 4.05. The zero-order chi connectivity index (χ0) is 29.7. The van der Waals surface area contributed by atoms with Crippen molar-refractivity contribution in [1.82, 2.24) is 29.5 Å². The topological polar surface area (TPSA) is 100 Å². The lowest BCUT2D eigenvalue weighted by Crippen LogP contribution is -2.44. The standard InChI is InChI=1S/C28H33F3N8O2/c1-5-7-21(17-37(18-40)19(3)4)39-25-22(26(41)38(39)12-6-2)16-33-27(35-25)34-20-8-9-24(23(15-20)28(29,30)31)36-13-10-32-11-14-36/h5-9,15-19,32H,2,10-14H2,1,3-4H3,(H,33,34,35)/b7-5-,21-17+. The van der Waals surface area contributed by atoms with Gasteiger partial charge in [0.25, 0.3) is 5.56 Å². The highest BCUT2D eigenvalue weighted by atomic mass is 19.4. The van der Waals surface area contributed by atoms with Gasteiger partial charge in [0.1, 0.15) is 5.39 Å². The van der Waals surface area contributed by atoms with E-state index in [9.17, 15) is 22.8 Å². The maximum absolute atomic E-state index is 14.1. The van der Waals surface area contributed by atoms with Gasteiger partial charge in [0, 0.05) is 56.0 Å². The minimum Gasteiger partial charge on any atom is -0.368 e. The summed E-state index contributed by atoms with van der Waals surface area (Å²) in [6, 6.07) is 3.87. The molecule has 1 aliphatic rings. The Morgan fingerprint density at radius 2 is 2.00 bits per heavy atom. The predicted octanol–water partition coefficient (Wildman–Crippen LogP) is 4.19. The van der Waals surface area contributed by atoms with Crippen LogP contribution in [0.4, 0.5) is 30.5 Å². The van der Waals surface area contributed by atoms with Crippen molar-refractivity contribution in [2.45, 2.75) is 39.5 Å². The number of halogens is 3. The van der Waals surface area contributed by atoms with Crippen LogP contribution in [0.5, 0.6) is 0 Å². The quantitative estimate of drug-likeness (QED) is 0.214. The van der Waals surface area contributed by atoms with E-state index in [1.807, 2.05) is 13.8 Å². The molecule has 2 N–H and O–H groups in total. The number of allylic oxidation sites excluding steroid dienone is 4. The maximum Gasteiger partial charge on any atom is 0.418 e. The molecular weight excluding hydrogens is 537 g/mol. The Morgan fingerprint density at radius 3 is 2.61 bits per heavy atom. The molecule has 13 heteroatoms. The van der Waals surface area contributed by atoms with E-state index in [0.29, 0.717) is 38.3 Å². The van der Waals surface area contributed by atoms with Gasteiger partial charge in [-0.05, 0) is 45.0 Å². The van der Waals surface area contributed by atoms with Crippen molar-refractivity contribution in [2.24, 2.45) is 0 Å². The molecule has 2 aromatic heterocycles. The van der Waals surface area contributed by atoms with Crippen LogP contribution in [-0.2, 0) is 17.5 Å². The number of fused-ring (bicyclic) bond motifs is 1. The van der Waals surface area contributed by atoms with Gasteiger partial charge in [-0.1, -0.05) is 12.2 Å². The van der Waals surface area contributed by atoms with Crippen LogP contribution in [0.1, 0.15) is 26.3 Å². The second kappa shape index (κ2) is 12.4. The average molecular weight is 571 g/mol. The normalized spacial score (nSPS) is 14.7. The molecule has 41 heavy (non-hydrogen) atoms. The molecule has 0 unspecified atom stereocenters. The third-order valence-electron chi connectivity index (χ3n) is 6.57. The molecule has 10 nitrogen and oxygen atoms in total. The van der Waals surface area contributed by atoms with Crippen LogP contribution >= 0.6 is 0 Å². The minimum absolute atomic E-state index is 0.000908. The van der Waals surface area contributed by atoms with Gasteiger partial charge in [0.05, 0.1) is 17.8 Å². The van der Waals surface area contributed by atoms with Crippen LogP contribution in [0.15, 0.2) is 60.2 Å². The lowest BCUT2D eigenvalue weighted by Gasteiger charge is -2.31. The van der Waals surface area contributed by atoms with E-state index < -0.39 is 11.7 Å². The van der Waals surface area contributed by atoms with Gasteiger partial charge in [-0.2, -0.15) is 18.2 Å². The van der Waals surface area contributed by atoms with Gasteiger partial charge in [-0.3, -0.25) is 9.59 Å². The van der Waals surface area contributed by atoms with E-state index in [-0.39, 0.29) is 46.5 Å². The number of nitrogens with zero attached hydrogens (tertiary/aromatic N) is 6. The van der Waals surface area contributed by atoms with Gasteiger partial charge in [0.2, 0.25) is 12.4 Å². The zero-order valence-corrected chi connectivity index (χ0v) is 23.1. The molecule has 1 saturated heterocycles. The number of hydrogen-bond donors (Lipinski definition) is 2. The highest BCUT2D eigenvalue weighted by Crippen LogP contribution is 2.39. The number of aromatic nitrogens is 4. The number of carbonyl (C=O) groups excluding carboxylic acids is 1. The Bertz CT molecular complexity index is 1530. The minimum atomic E-state index is -4.57. The molecule has 1 aliphatic heterocycles. The number of benzene rings is 1. The van der Waals surface area contributed by atoms with Crippen molar-refractivity contribution in [1.29, 1.82) is 0 Å². The molecule has 3 aromatic rings. The van der Waals surface area contributed by atoms with E-state index in [1.54, 1.807) is 47.0 Å². The lowest BCUT2D eigenvalue weighted by molar-refractivity contribution is -0.137. The van der Waals surface area contributed by atoms with Crippen LogP contribution in [0.3, 0.4) is 0 Å². The molecule has 1 aromatic carbocycles. The Kier molecular flexibility index (Phi) is 8.96. The Labute approximate surface area is 235 Å². The van der Waals surface area contributed by atoms with Gasteiger partial charge >= 0.3 is 6.18 Å². The van der Waals surface area contributed by atoms with E-state index in [1.165, 1.54) is 21.8 Å². The fourth-order valence-corrected chi connectivity index (χ4v) is 4.58. The summed E-state index contributed by atoms with van der Waals surface area (Å²) in [5, 5.41) is 6.20. The monoisotopic (exact) mass is 570 g/mol. The molecule has 0 aliphatic carbocycles. The number of alkyl halides is 3. The summed E-state index contributed by atoms with van der Waals surface area (Å²) >= 11 is 0. The molecule has 0 spiro atoms. The molecule has 3 heterocycles. The first kappa shape index (κ1) is 29.6. The van der Waals surface area contributed by atoms with Crippen molar-refractivity contribution in [3.63, 3.8) is 0 Å². The number of hydrogen-bond acceptors (Lipinski definition) is 7. The molecule has 1 amide bonds. The largest absolute Gasteiger partial charge is 0.418 e. The number of amides is 1. The molecule has 0 radical (unpaired) electrons. The highest BCUT2D eigenvalue weighted by molar-refractivity contribution is 5.80. The smallest absolute Gasteiger partial charge is 0.368 e. The zero-order valence-electron chi connectivity index (χ0n) is 23.1. The molecule has 0 atom stereocenters. The van der Waals surface area contributed by atoms with Gasteiger partial charge < -0.3 is 20.4 Å². The fourth-order valence-electron chi connectivity index (χ4n) is 4.58. The Morgan fingerprint density at radius 1 is 1.27 bits per heavy atom. The first-order chi connectivity index (χ1) is 19.6. The maximum atomic E-state index is 14.1. The second-order valence-electron chi connectivity index (χ2n) is 9.71. The number of piperazine rings is 1. The average Bonchev–Trinajstić information content (AvgIpc) is 3.21. The van der Waals surface area contributed by atoms with Gasteiger partial charge in [-0.25, -0.2) is 14.3 Å². The van der Waals surface area contributed by atoms with Gasteiger partial charge in [0.15, 0.2) is 5.65 Å². The van der Waals surface area contributed by atoms with E-state index >= 15 is 0 Å². The second-order valence-corrected chi connectivity index (χ2v) is 9.71. The number of anilines is 3. The third kappa shape index (κ3) is 6.35. The lowest BCUT2D eigenvalue weighted by atomic mass is 10.1. The number of rotatable bonds is 10. The van der Waals surface area contributed by atoms with E-state index in [4.69, 9.17) is 0 Å². The van der Waals surface area contributed by atoms with Crippen LogP contribution in [0.25, 0.3) is 16.7 Å². The Hall–Kier alpha value is -4.39. The Balaban J connectivity index is 1.82. The fraction of sp³-hybridized carbons (Fsp3) is 0.357. The predicted molar refractivity (Wildman–Crippen MR) is 154 cm³/mol. The molecular formula is C28H33F3N8O2. The third-order valence-corrected chi connectivity index (χ3v) is 6.57. The summed E-state index contributed by atoms with van der Waals surface area (Å²) in [7, 11) is 0. The number of nitrogens with one attached hydrogen (secondary N) is 2. The van der Waals surface area contributed by atoms with Crippen molar-refractivity contribution < 1.29 is 18.0 Å². The molecule has 1 fully saturated rings. The first-order valence-electron chi connectivity index (χ1n) is 13.2. The van der Waals surface area contributed by atoms with Crippen molar-refractivity contribution >= 4 is 40.5 Å². The summed E-state index contributed by atoms with van der Waals surface area (Å²) in [5.74, 6) is 0.000908. The summed E-state index contributed by atoms with van der Waals surface area (Å²) in [5.41, 5.74) is -0.217. The SMILES string of the molecule is C=CCn1c(=O)c2cnc(Nc3ccc(N4CCNCC4)c(C(F)(F)F)c3)nc2n1C(/C=C\C)=C/N(C=O)C(C)C. The summed E-state index contributed by atoms with van der Waals surface area (Å²) in [4.78, 5) is 36.9. The van der Waals surface area contributed by atoms with Crippen LogP contribution in [0.2, 0.25) is 0 Å². The highest BCUT2D eigenvalue weighted by Gasteiger charge is 2.35. The number of carbonyl (C=O) groups is 1. The van der Waals surface area contributed by atoms with Crippen molar-refractivity contribution in [3.05, 3.63) is 71.3 Å². The molecule has 0 bridgehead atoms. The van der Waals surface area contributed by atoms with Crippen molar-refractivity contribution in [2.75, 3.05) is 36.4 Å². The van der Waals surface area contributed by atoms with Crippen LogP contribution in [-0.4, -0.2) is 62.9 Å². The molecule has 0 saturated carbocycles. The van der Waals surface area contributed by atoms with E-state index in [2.05, 4.69) is 27.2 Å². The van der Waals surface area contributed by atoms with Crippen LogP contribution in [0, 0.1) is 0 Å². The van der Waals surface area contributed by atoms with Crippen LogP contribution < -0.4 is 21.1 Å². The first-order valence-corrected chi connectivity index (χ1v) is 13.2. The molecule has 4 rings (SSSR count). The molecule has 218 valence electrons. The summed E-state index contributed by atoms with van der Waals surface area (Å²) in [6.45, 7) is 11.5. The van der Waals surface area contributed by atoms with Gasteiger partial charge in [-0.15, -0.1) is 6.58 Å². The summed E-state index contributed by atoms with van der Waals surface area (Å²) < 4.78 is 45.1.